The molecule has 3 heteroatoms. The maximum Gasteiger partial charge on any atom is 0.161 e. The highest BCUT2D eigenvalue weighted by molar-refractivity contribution is 5.79. The van der Waals surface area contributed by atoms with Crippen molar-refractivity contribution in [1.29, 1.82) is 0 Å². The van der Waals surface area contributed by atoms with Crippen LogP contribution in [0.25, 0.3) is 5.57 Å². The number of likely N-dealkylation sites (N-methyl/N-ethyl adjacent to an activating group) is 1. The van der Waals surface area contributed by atoms with Crippen LogP contribution in [-0.2, 0) is 6.42 Å². The Morgan fingerprint density at radius 1 is 1.04 bits per heavy atom. The van der Waals surface area contributed by atoms with E-state index in [1.54, 1.807) is 6.07 Å². The van der Waals surface area contributed by atoms with Crippen LogP contribution in [0.5, 0.6) is 11.5 Å². The van der Waals surface area contributed by atoms with Gasteiger partial charge in [-0.3, -0.25) is 0 Å². The molecule has 0 aromatic heterocycles. The number of phenolic OH excluding ortho intramolecular Hbond substituents is 2. The van der Waals surface area contributed by atoms with E-state index in [0.717, 1.165) is 37.1 Å². The summed E-state index contributed by atoms with van der Waals surface area (Å²) in [6.07, 6.45) is 1.81. The van der Waals surface area contributed by atoms with E-state index in [-0.39, 0.29) is 11.5 Å². The molecule has 2 aromatic carbocycles. The molecule has 2 aromatic rings. The Hall–Kier alpha value is -2.26. The Labute approximate surface area is 136 Å². The summed E-state index contributed by atoms with van der Waals surface area (Å²) in [6.45, 7) is 1.97. The van der Waals surface area contributed by atoms with Crippen molar-refractivity contribution in [3.8, 4) is 11.5 Å². The van der Waals surface area contributed by atoms with Gasteiger partial charge in [-0.25, -0.2) is 0 Å². The standard InChI is InChI=1S/C20H21NO2/c1-21-10-9-15-16(13-5-3-2-4-6-13)11-17-14(18(15)12-21)7-8-19(22)20(17)23/h2-8,16,22-23H,9-12H2,1H3/t16-/m0/s1. The van der Waals surface area contributed by atoms with Gasteiger partial charge in [-0.2, -0.15) is 0 Å². The van der Waals surface area contributed by atoms with Crippen molar-refractivity contribution in [3.05, 3.63) is 64.7 Å². The lowest BCUT2D eigenvalue weighted by Crippen LogP contribution is -2.31. The van der Waals surface area contributed by atoms with Gasteiger partial charge in [-0.1, -0.05) is 42.0 Å². The molecule has 1 atom stereocenters. The molecule has 2 N–H and O–H groups in total. The Morgan fingerprint density at radius 3 is 2.61 bits per heavy atom. The number of aromatic hydroxyl groups is 2. The van der Waals surface area contributed by atoms with Crippen molar-refractivity contribution in [3.63, 3.8) is 0 Å². The van der Waals surface area contributed by atoms with E-state index in [1.807, 2.05) is 12.1 Å². The van der Waals surface area contributed by atoms with Crippen molar-refractivity contribution in [2.45, 2.75) is 18.8 Å². The van der Waals surface area contributed by atoms with Gasteiger partial charge in [0.05, 0.1) is 0 Å². The smallest absolute Gasteiger partial charge is 0.161 e. The fraction of sp³-hybridized carbons (Fsp3) is 0.300. The fourth-order valence-electron chi connectivity index (χ4n) is 4.00. The number of hydrogen-bond donors (Lipinski definition) is 2. The van der Waals surface area contributed by atoms with E-state index in [4.69, 9.17) is 0 Å². The minimum Gasteiger partial charge on any atom is -0.504 e. The van der Waals surface area contributed by atoms with Crippen molar-refractivity contribution >= 4 is 5.57 Å². The Balaban J connectivity index is 1.91. The third kappa shape index (κ3) is 2.32. The quantitative estimate of drug-likeness (QED) is 0.792. The van der Waals surface area contributed by atoms with Gasteiger partial charge in [0.25, 0.3) is 0 Å². The minimum atomic E-state index is -0.0243. The van der Waals surface area contributed by atoms with Gasteiger partial charge in [0.1, 0.15) is 0 Å². The van der Waals surface area contributed by atoms with Crippen molar-refractivity contribution in [2.75, 3.05) is 20.1 Å². The van der Waals surface area contributed by atoms with Crippen LogP contribution in [0.4, 0.5) is 0 Å². The number of hydrogen-bond acceptors (Lipinski definition) is 3. The zero-order chi connectivity index (χ0) is 16.0. The number of nitrogens with zero attached hydrogens (tertiary/aromatic N) is 1. The highest BCUT2D eigenvalue weighted by Crippen LogP contribution is 2.47. The van der Waals surface area contributed by atoms with E-state index in [1.165, 1.54) is 16.7 Å². The summed E-state index contributed by atoms with van der Waals surface area (Å²) in [5.74, 6) is 0.312. The van der Waals surface area contributed by atoms with E-state index in [9.17, 15) is 10.2 Å². The summed E-state index contributed by atoms with van der Waals surface area (Å²) < 4.78 is 0. The van der Waals surface area contributed by atoms with Crippen LogP contribution >= 0.6 is 0 Å². The second kappa shape index (κ2) is 5.43. The summed E-state index contributed by atoms with van der Waals surface area (Å²) in [4.78, 5) is 2.32. The number of fused-ring (bicyclic) bond motifs is 2. The van der Waals surface area contributed by atoms with Gasteiger partial charge in [-0.15, -0.1) is 0 Å². The van der Waals surface area contributed by atoms with Crippen LogP contribution < -0.4 is 0 Å². The molecule has 0 bridgehead atoms. The molecule has 23 heavy (non-hydrogen) atoms. The van der Waals surface area contributed by atoms with Crippen molar-refractivity contribution in [2.24, 2.45) is 0 Å². The molecule has 118 valence electrons. The molecular weight excluding hydrogens is 286 g/mol. The topological polar surface area (TPSA) is 43.7 Å². The van der Waals surface area contributed by atoms with Crippen LogP contribution in [0.15, 0.2) is 48.0 Å². The van der Waals surface area contributed by atoms with Crippen LogP contribution in [0.1, 0.15) is 29.0 Å². The highest BCUT2D eigenvalue weighted by Gasteiger charge is 2.33. The first-order valence-electron chi connectivity index (χ1n) is 8.14. The molecule has 0 saturated heterocycles. The van der Waals surface area contributed by atoms with Crippen LogP contribution in [0.2, 0.25) is 0 Å². The monoisotopic (exact) mass is 307 g/mol. The Morgan fingerprint density at radius 2 is 1.83 bits per heavy atom. The molecule has 0 fully saturated rings. The van der Waals surface area contributed by atoms with Gasteiger partial charge in [-0.05, 0) is 42.7 Å². The van der Waals surface area contributed by atoms with E-state index in [2.05, 4.69) is 36.2 Å². The number of phenols is 2. The third-order valence-corrected chi connectivity index (χ3v) is 5.20. The van der Waals surface area contributed by atoms with Gasteiger partial charge in [0.2, 0.25) is 0 Å². The normalized spacial score (nSPS) is 21.0. The first kappa shape index (κ1) is 14.3. The molecule has 1 heterocycles. The maximum atomic E-state index is 10.4. The summed E-state index contributed by atoms with van der Waals surface area (Å²) in [6, 6.07) is 14.1. The molecular formula is C20H21NO2. The number of rotatable bonds is 1. The lowest BCUT2D eigenvalue weighted by atomic mass is 9.73. The zero-order valence-corrected chi connectivity index (χ0v) is 13.3. The Kier molecular flexibility index (Phi) is 3.38. The lowest BCUT2D eigenvalue weighted by Gasteiger charge is -2.37. The molecule has 0 saturated carbocycles. The third-order valence-electron chi connectivity index (χ3n) is 5.20. The minimum absolute atomic E-state index is 0.0243. The molecule has 0 spiro atoms. The molecule has 0 unspecified atom stereocenters. The summed E-state index contributed by atoms with van der Waals surface area (Å²) in [5.41, 5.74) is 6.09. The summed E-state index contributed by atoms with van der Waals surface area (Å²) >= 11 is 0. The highest BCUT2D eigenvalue weighted by atomic mass is 16.3. The second-order valence-corrected chi connectivity index (χ2v) is 6.62. The van der Waals surface area contributed by atoms with Crippen LogP contribution in [0, 0.1) is 0 Å². The predicted molar refractivity (Wildman–Crippen MR) is 91.7 cm³/mol. The van der Waals surface area contributed by atoms with Gasteiger partial charge in [0, 0.05) is 24.6 Å². The predicted octanol–water partition coefficient (Wildman–Crippen LogP) is 3.53. The zero-order valence-electron chi connectivity index (χ0n) is 13.3. The molecule has 0 amide bonds. The first-order valence-corrected chi connectivity index (χ1v) is 8.14. The Bertz CT molecular complexity index is 780. The molecule has 3 nitrogen and oxygen atoms in total. The SMILES string of the molecule is CN1CCC2=C(C1)c1ccc(O)c(O)c1C[C@H]2c1ccccc1. The molecule has 4 rings (SSSR count). The molecule has 0 radical (unpaired) electrons. The van der Waals surface area contributed by atoms with E-state index < -0.39 is 0 Å². The second-order valence-electron chi connectivity index (χ2n) is 6.62. The maximum absolute atomic E-state index is 10.4. The number of benzene rings is 2. The van der Waals surface area contributed by atoms with E-state index >= 15 is 0 Å². The average Bonchev–Trinajstić information content (AvgIpc) is 2.58. The van der Waals surface area contributed by atoms with Crippen molar-refractivity contribution < 1.29 is 10.2 Å². The first-order chi connectivity index (χ1) is 11.1. The van der Waals surface area contributed by atoms with Crippen LogP contribution in [0.3, 0.4) is 0 Å². The van der Waals surface area contributed by atoms with E-state index in [0.29, 0.717) is 5.92 Å². The van der Waals surface area contributed by atoms with Gasteiger partial charge in [0.15, 0.2) is 11.5 Å². The van der Waals surface area contributed by atoms with Crippen molar-refractivity contribution in [1.82, 2.24) is 4.90 Å². The average molecular weight is 307 g/mol. The largest absolute Gasteiger partial charge is 0.504 e. The van der Waals surface area contributed by atoms with Gasteiger partial charge >= 0.3 is 0 Å². The molecule has 1 aliphatic carbocycles. The lowest BCUT2D eigenvalue weighted by molar-refractivity contribution is 0.357. The fourth-order valence-corrected chi connectivity index (χ4v) is 4.00. The molecule has 2 aliphatic rings. The molecule has 1 aliphatic heterocycles. The summed E-state index contributed by atoms with van der Waals surface area (Å²) in [5, 5.41) is 20.3. The summed E-state index contributed by atoms with van der Waals surface area (Å²) in [7, 11) is 2.13. The van der Waals surface area contributed by atoms with Crippen LogP contribution in [-0.4, -0.2) is 35.3 Å². The van der Waals surface area contributed by atoms with Gasteiger partial charge < -0.3 is 15.1 Å².